The molecule has 1 aromatic carbocycles. The number of alkyl halides is 3. The van der Waals surface area contributed by atoms with Crippen molar-refractivity contribution in [1.82, 2.24) is 19.9 Å². The Bertz CT molecular complexity index is 914. The van der Waals surface area contributed by atoms with Crippen molar-refractivity contribution in [3.05, 3.63) is 66.6 Å². The Morgan fingerprint density at radius 1 is 1.11 bits per heavy atom. The molecule has 0 aliphatic heterocycles. The second kappa shape index (κ2) is 8.92. The molecular weight excluding hydrogens is 389 g/mol. The van der Waals surface area contributed by atoms with Crippen LogP contribution in [0.2, 0.25) is 0 Å². The molecule has 1 amide bonds. The van der Waals surface area contributed by atoms with E-state index in [4.69, 9.17) is 0 Å². The van der Waals surface area contributed by atoms with Crippen LogP contribution < -0.4 is 5.32 Å². The smallest absolute Gasteiger partial charge is 0.351 e. The zero-order valence-corrected chi connectivity index (χ0v) is 15.5. The lowest BCUT2D eigenvalue weighted by atomic mass is 10.2. The first-order valence-electron chi connectivity index (χ1n) is 8.38. The van der Waals surface area contributed by atoms with E-state index in [1.807, 2.05) is 6.07 Å². The third-order valence-electron chi connectivity index (χ3n) is 3.77. The number of pyridine rings is 1. The quantitative estimate of drug-likeness (QED) is 0.605. The monoisotopic (exact) mass is 406 g/mol. The number of aromatic nitrogens is 3. The lowest BCUT2D eigenvalue weighted by Crippen LogP contribution is -2.25. The fourth-order valence-corrected chi connectivity index (χ4v) is 3.34. The van der Waals surface area contributed by atoms with Gasteiger partial charge in [-0.3, -0.25) is 9.78 Å². The second-order valence-electron chi connectivity index (χ2n) is 5.92. The average Bonchev–Trinajstić information content (AvgIpc) is 3.07. The van der Waals surface area contributed by atoms with E-state index in [0.717, 1.165) is 21.9 Å². The number of nitrogens with zero attached hydrogens (tertiary/aromatic N) is 3. The molecule has 0 atom stereocenters. The fourth-order valence-electron chi connectivity index (χ4n) is 2.53. The third kappa shape index (κ3) is 5.59. The SMILES string of the molecule is O=C(CSc1ncc(-c2ccccc2)n1CC(F)(F)F)NCc1cccnc1. The van der Waals surface area contributed by atoms with Gasteiger partial charge in [-0.25, -0.2) is 4.98 Å². The van der Waals surface area contributed by atoms with Gasteiger partial charge in [0.25, 0.3) is 0 Å². The molecule has 3 rings (SSSR count). The van der Waals surface area contributed by atoms with Crippen LogP contribution in [0.4, 0.5) is 13.2 Å². The molecule has 0 unspecified atom stereocenters. The van der Waals surface area contributed by atoms with Crippen molar-refractivity contribution in [2.45, 2.75) is 24.4 Å². The van der Waals surface area contributed by atoms with Gasteiger partial charge in [-0.05, 0) is 17.2 Å². The van der Waals surface area contributed by atoms with E-state index in [0.29, 0.717) is 17.8 Å². The summed E-state index contributed by atoms with van der Waals surface area (Å²) in [7, 11) is 0. The summed E-state index contributed by atoms with van der Waals surface area (Å²) >= 11 is 0.971. The van der Waals surface area contributed by atoms with Crippen molar-refractivity contribution in [1.29, 1.82) is 0 Å². The van der Waals surface area contributed by atoms with Gasteiger partial charge < -0.3 is 9.88 Å². The predicted octanol–water partition coefficient (Wildman–Crippen LogP) is 3.92. The minimum Gasteiger partial charge on any atom is -0.351 e. The highest BCUT2D eigenvalue weighted by molar-refractivity contribution is 7.99. The predicted molar refractivity (Wildman–Crippen MR) is 101 cm³/mol. The number of hydrogen-bond acceptors (Lipinski definition) is 4. The minimum absolute atomic E-state index is 0.0383. The number of nitrogens with one attached hydrogen (secondary N) is 1. The van der Waals surface area contributed by atoms with E-state index in [1.54, 1.807) is 48.8 Å². The topological polar surface area (TPSA) is 59.8 Å². The van der Waals surface area contributed by atoms with Gasteiger partial charge in [0.1, 0.15) is 6.54 Å². The summed E-state index contributed by atoms with van der Waals surface area (Å²) in [6.45, 7) is -0.865. The number of carbonyl (C=O) groups excluding carboxylic acids is 1. The summed E-state index contributed by atoms with van der Waals surface area (Å²) < 4.78 is 40.3. The maximum atomic E-state index is 13.1. The molecular formula is C19H17F3N4OS. The van der Waals surface area contributed by atoms with Gasteiger partial charge in [-0.2, -0.15) is 13.2 Å². The number of halogens is 3. The Labute approximate surface area is 164 Å². The molecule has 0 fully saturated rings. The van der Waals surface area contributed by atoms with Gasteiger partial charge in [0, 0.05) is 18.9 Å². The van der Waals surface area contributed by atoms with Gasteiger partial charge in [-0.1, -0.05) is 48.2 Å². The summed E-state index contributed by atoms with van der Waals surface area (Å²) in [6, 6.07) is 12.3. The highest BCUT2D eigenvalue weighted by atomic mass is 32.2. The first kappa shape index (κ1) is 19.9. The molecule has 146 valence electrons. The van der Waals surface area contributed by atoms with Gasteiger partial charge in [0.15, 0.2) is 5.16 Å². The van der Waals surface area contributed by atoms with Crippen molar-refractivity contribution in [3.63, 3.8) is 0 Å². The molecule has 2 heterocycles. The molecule has 0 spiro atoms. The molecule has 3 aromatic rings. The van der Waals surface area contributed by atoms with Gasteiger partial charge in [0.05, 0.1) is 17.6 Å². The molecule has 1 N–H and O–H groups in total. The first-order chi connectivity index (χ1) is 13.4. The third-order valence-corrected chi connectivity index (χ3v) is 4.76. The molecule has 0 bridgehead atoms. The van der Waals surface area contributed by atoms with Gasteiger partial charge >= 0.3 is 6.18 Å². The van der Waals surface area contributed by atoms with Crippen LogP contribution in [-0.4, -0.2) is 32.4 Å². The lowest BCUT2D eigenvalue weighted by molar-refractivity contribution is -0.141. The van der Waals surface area contributed by atoms with E-state index in [9.17, 15) is 18.0 Å². The van der Waals surface area contributed by atoms with Crippen LogP contribution in [0, 0.1) is 0 Å². The second-order valence-corrected chi connectivity index (χ2v) is 6.86. The van der Waals surface area contributed by atoms with Crippen LogP contribution in [0.1, 0.15) is 5.56 Å². The Balaban J connectivity index is 1.69. The lowest BCUT2D eigenvalue weighted by Gasteiger charge is -2.14. The first-order valence-corrected chi connectivity index (χ1v) is 9.37. The van der Waals surface area contributed by atoms with Crippen LogP contribution >= 0.6 is 11.8 Å². The number of benzene rings is 1. The van der Waals surface area contributed by atoms with E-state index < -0.39 is 12.7 Å². The average molecular weight is 406 g/mol. The highest BCUT2D eigenvalue weighted by Gasteiger charge is 2.31. The molecule has 0 aliphatic rings. The number of imidazole rings is 1. The number of carbonyl (C=O) groups is 1. The summed E-state index contributed by atoms with van der Waals surface area (Å²) in [5.41, 5.74) is 1.83. The largest absolute Gasteiger partial charge is 0.406 e. The van der Waals surface area contributed by atoms with Crippen LogP contribution in [0.25, 0.3) is 11.3 Å². The maximum Gasteiger partial charge on any atom is 0.406 e. The molecule has 5 nitrogen and oxygen atoms in total. The van der Waals surface area contributed by atoms with Gasteiger partial charge in [-0.15, -0.1) is 0 Å². The van der Waals surface area contributed by atoms with Crippen molar-refractivity contribution >= 4 is 17.7 Å². The Hall–Kier alpha value is -2.81. The summed E-state index contributed by atoms with van der Waals surface area (Å²) in [6.07, 6.45) is 0.265. The number of thioether (sulfide) groups is 1. The molecule has 0 saturated carbocycles. The van der Waals surface area contributed by atoms with Crippen molar-refractivity contribution in [2.24, 2.45) is 0 Å². The van der Waals surface area contributed by atoms with E-state index in [-0.39, 0.29) is 16.8 Å². The number of rotatable bonds is 7. The fraction of sp³-hybridized carbons (Fsp3) is 0.211. The zero-order valence-electron chi connectivity index (χ0n) is 14.7. The summed E-state index contributed by atoms with van der Waals surface area (Å²) in [4.78, 5) is 20.1. The van der Waals surface area contributed by atoms with E-state index in [1.165, 1.54) is 6.20 Å². The van der Waals surface area contributed by atoms with Crippen molar-refractivity contribution in [2.75, 3.05) is 5.75 Å². The molecule has 0 aliphatic carbocycles. The van der Waals surface area contributed by atoms with E-state index in [2.05, 4.69) is 15.3 Å². The summed E-state index contributed by atoms with van der Waals surface area (Å²) in [5.74, 6) is -0.333. The standard InChI is InChI=1S/C19H17F3N4OS/c20-19(21,22)13-26-16(15-6-2-1-3-7-15)11-25-18(26)28-12-17(27)24-10-14-5-4-8-23-9-14/h1-9,11H,10,12-13H2,(H,24,27). The highest BCUT2D eigenvalue weighted by Crippen LogP contribution is 2.29. The minimum atomic E-state index is -4.40. The number of amides is 1. The van der Waals surface area contributed by atoms with Crippen molar-refractivity contribution in [3.8, 4) is 11.3 Å². The van der Waals surface area contributed by atoms with E-state index >= 15 is 0 Å². The molecule has 2 aromatic heterocycles. The van der Waals surface area contributed by atoms with Gasteiger partial charge in [0.2, 0.25) is 5.91 Å². The molecule has 0 saturated heterocycles. The Kier molecular flexibility index (Phi) is 6.35. The molecule has 28 heavy (non-hydrogen) atoms. The Morgan fingerprint density at radius 2 is 1.89 bits per heavy atom. The Morgan fingerprint density at radius 3 is 2.57 bits per heavy atom. The van der Waals surface area contributed by atoms with Crippen molar-refractivity contribution < 1.29 is 18.0 Å². The van der Waals surface area contributed by atoms with Crippen LogP contribution in [0.5, 0.6) is 0 Å². The maximum absolute atomic E-state index is 13.1. The molecule has 9 heteroatoms. The van der Waals surface area contributed by atoms with Crippen LogP contribution in [-0.2, 0) is 17.9 Å². The normalized spacial score (nSPS) is 11.4. The zero-order chi connectivity index (χ0) is 20.0. The number of hydrogen-bond donors (Lipinski definition) is 1. The van der Waals surface area contributed by atoms with Crippen LogP contribution in [0.15, 0.2) is 66.2 Å². The van der Waals surface area contributed by atoms with Crippen LogP contribution in [0.3, 0.4) is 0 Å². The molecule has 0 radical (unpaired) electrons. The summed E-state index contributed by atoms with van der Waals surface area (Å²) in [5, 5.41) is 2.86.